The Kier molecular flexibility index (Phi) is 7.36. The molecule has 3 rings (SSSR count). The predicted octanol–water partition coefficient (Wildman–Crippen LogP) is 6.80. The monoisotopic (exact) mass is 510 g/mol. The summed E-state index contributed by atoms with van der Waals surface area (Å²) in [4.78, 5) is 26.3. The molecule has 0 fully saturated rings. The molecule has 0 aliphatic carbocycles. The van der Waals surface area contributed by atoms with Crippen LogP contribution in [0.25, 0.3) is 0 Å². The Bertz CT molecular complexity index is 1190. The van der Waals surface area contributed by atoms with Gasteiger partial charge in [-0.3, -0.25) is 0 Å². The lowest BCUT2D eigenvalue weighted by atomic mass is 9.79. The minimum atomic E-state index is -3.24. The molecule has 0 radical (unpaired) electrons. The third kappa shape index (κ3) is 5.74. The molecule has 0 atom stereocenters. The van der Waals surface area contributed by atoms with Crippen LogP contribution >= 0.6 is 0 Å². The molecule has 2 aromatic carbocycles. The predicted molar refractivity (Wildman–Crippen MR) is 142 cm³/mol. The van der Waals surface area contributed by atoms with E-state index in [2.05, 4.69) is 13.8 Å². The van der Waals surface area contributed by atoms with Gasteiger partial charge in [0.25, 0.3) is 0 Å². The van der Waals surface area contributed by atoms with Crippen LogP contribution in [0.3, 0.4) is 0 Å². The highest BCUT2D eigenvalue weighted by Crippen LogP contribution is 2.41. The van der Waals surface area contributed by atoms with Gasteiger partial charge < -0.3 is 16.5 Å². The molecule has 2 aromatic rings. The highest BCUT2D eigenvalue weighted by atomic mass is 27.3. The molecular formula is C29H39AlO6. The lowest BCUT2D eigenvalue weighted by Crippen LogP contribution is -2.40. The maximum Gasteiger partial charge on any atom is 1.20 e. The minimum absolute atomic E-state index is 0.0384. The summed E-state index contributed by atoms with van der Waals surface area (Å²) in [6.45, 7) is 22.3. The average Bonchev–Trinajstić information content (AvgIpc) is 2.70. The van der Waals surface area contributed by atoms with Crippen LogP contribution in [0.5, 0.6) is 11.5 Å². The number of benzene rings is 2. The van der Waals surface area contributed by atoms with Gasteiger partial charge >= 0.3 is 27.1 Å². The van der Waals surface area contributed by atoms with E-state index in [0.29, 0.717) is 16.9 Å². The van der Waals surface area contributed by atoms with Crippen molar-refractivity contribution in [2.75, 3.05) is 0 Å². The van der Waals surface area contributed by atoms with E-state index in [1.165, 1.54) is 0 Å². The zero-order valence-corrected chi connectivity index (χ0v) is 24.6. The summed E-state index contributed by atoms with van der Waals surface area (Å²) in [6, 6.07) is 7.41. The number of hydrogen-bond donors (Lipinski definition) is 1. The lowest BCUT2D eigenvalue weighted by molar-refractivity contribution is 0.0494. The fraction of sp³-hybridized carbons (Fsp3) is 0.517. The largest absolute Gasteiger partial charge is 1.20 e. The summed E-state index contributed by atoms with van der Waals surface area (Å²) in [5.74, 6) is -0.832. The van der Waals surface area contributed by atoms with E-state index in [1.807, 2.05) is 74.4 Å². The summed E-state index contributed by atoms with van der Waals surface area (Å²) in [5.41, 5.74) is 2.82. The quantitative estimate of drug-likeness (QED) is 0.458. The van der Waals surface area contributed by atoms with Gasteiger partial charge in [0.2, 0.25) is 0 Å². The van der Waals surface area contributed by atoms with Crippen molar-refractivity contribution in [2.45, 2.75) is 98.3 Å². The van der Waals surface area contributed by atoms with E-state index in [9.17, 15) is 14.7 Å². The van der Waals surface area contributed by atoms with Crippen molar-refractivity contribution < 1.29 is 26.1 Å². The second-order valence-corrected chi connectivity index (χ2v) is 14.3. The molecule has 0 saturated heterocycles. The highest BCUT2D eigenvalue weighted by molar-refractivity contribution is 6.45. The first-order valence-electron chi connectivity index (χ1n) is 12.5. The summed E-state index contributed by atoms with van der Waals surface area (Å²) < 4.78 is 17.2. The summed E-state index contributed by atoms with van der Waals surface area (Å²) in [7, 11) is 0. The fourth-order valence-corrected chi connectivity index (χ4v) is 5.28. The summed E-state index contributed by atoms with van der Waals surface area (Å²) >= 11 is -3.24. The molecule has 0 aromatic heterocycles. The molecule has 0 spiro atoms. The Hall–Kier alpha value is -2.49. The molecule has 1 aliphatic rings. The molecule has 0 amide bonds. The van der Waals surface area contributed by atoms with Gasteiger partial charge in [-0.2, -0.15) is 0 Å². The summed E-state index contributed by atoms with van der Waals surface area (Å²) in [6.07, 6.45) is 0. The lowest BCUT2D eigenvalue weighted by Gasteiger charge is -2.30. The van der Waals surface area contributed by atoms with Gasteiger partial charge in [-0.15, -0.1) is 0 Å². The van der Waals surface area contributed by atoms with Crippen LogP contribution in [0, 0.1) is 0 Å². The number of aromatic hydroxyl groups is 1. The number of hydrogen-bond acceptors (Lipinski definition) is 6. The van der Waals surface area contributed by atoms with E-state index in [0.717, 1.165) is 16.7 Å². The van der Waals surface area contributed by atoms with Crippen LogP contribution in [-0.4, -0.2) is 32.2 Å². The Morgan fingerprint density at radius 3 is 1.94 bits per heavy atom. The van der Waals surface area contributed by atoms with Gasteiger partial charge in [0.1, 0.15) is 11.5 Å². The minimum Gasteiger partial charge on any atom is -0.576 e. The first-order valence-corrected chi connectivity index (χ1v) is 13.9. The van der Waals surface area contributed by atoms with Gasteiger partial charge in [0, 0.05) is 5.56 Å². The molecule has 0 saturated carbocycles. The van der Waals surface area contributed by atoms with E-state index >= 15 is 0 Å². The van der Waals surface area contributed by atoms with Crippen molar-refractivity contribution in [1.82, 2.24) is 0 Å². The normalized spacial score (nSPS) is 14.3. The van der Waals surface area contributed by atoms with Crippen LogP contribution in [-0.2, 0) is 23.8 Å². The van der Waals surface area contributed by atoms with Crippen LogP contribution in [0.15, 0.2) is 24.3 Å². The van der Waals surface area contributed by atoms with E-state index in [1.54, 1.807) is 12.1 Å². The van der Waals surface area contributed by atoms with Crippen LogP contribution in [0.4, 0.5) is 0 Å². The van der Waals surface area contributed by atoms with Crippen molar-refractivity contribution in [3.8, 4) is 11.5 Å². The van der Waals surface area contributed by atoms with Crippen LogP contribution < -0.4 is 3.79 Å². The van der Waals surface area contributed by atoms with Crippen LogP contribution in [0.2, 0.25) is 0 Å². The third-order valence-corrected chi connectivity index (χ3v) is 7.67. The SMILES string of the molecule is CC(C)c1cc2c(c(C(C)(C)C)c1)[O][Al]([O]C(=O)c1cc(C(C)(C)C)cc(C(C)(C)C)c1O)[O]C2=O. The molecule has 194 valence electrons. The average molecular weight is 511 g/mol. The molecule has 36 heavy (non-hydrogen) atoms. The van der Waals surface area contributed by atoms with Crippen molar-refractivity contribution in [1.29, 1.82) is 0 Å². The first-order chi connectivity index (χ1) is 16.3. The van der Waals surface area contributed by atoms with Crippen molar-refractivity contribution in [2.24, 2.45) is 0 Å². The molecule has 1 heterocycles. The Balaban J connectivity index is 2.02. The standard InChI is InChI=1S/C15H22O3.C14H20O3.Al/c1-14(2,3)9-7-10(13(17)18)12(16)11(8-9)15(4,5)6;1-8(2)9-6-10(13(16)17)12(15)11(7-9)14(3,4)5;/h7-8,16H,1-6H3,(H,17,18);6-8,15H,1-5H3,(H,16,17);/q;;+3/p-3. The Labute approximate surface area is 220 Å². The fourth-order valence-electron chi connectivity index (χ4n) is 4.09. The topological polar surface area (TPSA) is 82.1 Å². The second-order valence-electron chi connectivity index (χ2n) is 13.0. The number of phenolic OH excluding ortho intramolecular Hbond substituents is 1. The highest BCUT2D eigenvalue weighted by Gasteiger charge is 2.53. The molecular weight excluding hydrogens is 471 g/mol. The number of fused-ring (bicyclic) bond motifs is 1. The second kappa shape index (κ2) is 9.43. The van der Waals surface area contributed by atoms with Crippen LogP contribution in [0.1, 0.15) is 125 Å². The smallest absolute Gasteiger partial charge is 0.576 e. The molecule has 1 N–H and O–H groups in total. The van der Waals surface area contributed by atoms with E-state index < -0.39 is 32.5 Å². The zero-order chi connectivity index (χ0) is 27.4. The Morgan fingerprint density at radius 2 is 1.44 bits per heavy atom. The number of rotatable bonds is 3. The van der Waals surface area contributed by atoms with Gasteiger partial charge in [0.15, 0.2) is 0 Å². The van der Waals surface area contributed by atoms with Crippen molar-refractivity contribution in [3.05, 3.63) is 57.6 Å². The molecule has 6 nitrogen and oxygen atoms in total. The maximum absolute atomic E-state index is 13.3. The number of phenols is 1. The molecule has 1 aliphatic heterocycles. The van der Waals surface area contributed by atoms with E-state index in [4.69, 9.17) is 11.4 Å². The molecule has 7 heteroatoms. The number of carbonyl (C=O) groups is 2. The summed E-state index contributed by atoms with van der Waals surface area (Å²) in [5, 5.41) is 11.0. The first kappa shape index (κ1) is 28.1. The van der Waals surface area contributed by atoms with Gasteiger partial charge in [-0.25, -0.2) is 9.59 Å². The maximum atomic E-state index is 13.3. The van der Waals surface area contributed by atoms with Gasteiger partial charge in [-0.1, -0.05) is 88.3 Å². The molecule has 0 bridgehead atoms. The molecule has 0 unspecified atom stereocenters. The van der Waals surface area contributed by atoms with Gasteiger partial charge in [-0.05, 0) is 51.0 Å². The van der Waals surface area contributed by atoms with Crippen molar-refractivity contribution in [3.63, 3.8) is 0 Å². The Morgan fingerprint density at radius 1 is 0.861 bits per heavy atom. The van der Waals surface area contributed by atoms with Gasteiger partial charge in [0.05, 0.1) is 11.1 Å². The van der Waals surface area contributed by atoms with E-state index in [-0.39, 0.29) is 28.1 Å². The zero-order valence-electron chi connectivity index (χ0n) is 23.5. The number of carbonyl (C=O) groups excluding carboxylic acids is 2. The third-order valence-electron chi connectivity index (χ3n) is 6.43. The van der Waals surface area contributed by atoms with Crippen molar-refractivity contribution >= 4 is 27.1 Å².